The lowest BCUT2D eigenvalue weighted by molar-refractivity contribution is -0.143. The van der Waals surface area contributed by atoms with E-state index in [0.29, 0.717) is 17.7 Å². The molecule has 0 aliphatic carbocycles. The van der Waals surface area contributed by atoms with Gasteiger partial charge in [0.2, 0.25) is 0 Å². The number of carbonyl (C=O) groups is 1. The van der Waals surface area contributed by atoms with Gasteiger partial charge in [-0.1, -0.05) is 42.5 Å². The van der Waals surface area contributed by atoms with Gasteiger partial charge in [-0.2, -0.15) is 26.3 Å². The van der Waals surface area contributed by atoms with E-state index in [1.54, 1.807) is 30.3 Å². The minimum Gasteiger partial charge on any atom is -0.366 e. The summed E-state index contributed by atoms with van der Waals surface area (Å²) in [4.78, 5) is 15.8. The van der Waals surface area contributed by atoms with Crippen LogP contribution in [0.4, 0.5) is 30.7 Å². The number of halogens is 7. The minimum atomic E-state index is -5.05. The Hall–Kier alpha value is -4.48. The number of hydrogen-bond acceptors (Lipinski definition) is 3. The lowest BCUT2D eigenvalue weighted by Crippen LogP contribution is -2.14. The molecule has 0 saturated carbocycles. The van der Waals surface area contributed by atoms with Crippen LogP contribution in [0.5, 0.6) is 0 Å². The van der Waals surface area contributed by atoms with E-state index in [1.807, 2.05) is 0 Å². The molecule has 12 heteroatoms. The predicted octanol–water partition coefficient (Wildman–Crippen LogP) is 6.27. The van der Waals surface area contributed by atoms with Crippen molar-refractivity contribution in [2.75, 3.05) is 0 Å². The SMILES string of the molecule is NC(=O)C(=Cn1cnc(-c2cc(C(F)(F)F)cc(C(F)(F)F)c2)n1)c1ccc(-c2ccccc2)c(F)c1. The number of carbonyl (C=O) groups excluding carboxylic acids is 1. The molecule has 0 aliphatic heterocycles. The fourth-order valence-corrected chi connectivity index (χ4v) is 3.50. The molecule has 37 heavy (non-hydrogen) atoms. The van der Waals surface area contributed by atoms with Gasteiger partial charge >= 0.3 is 12.4 Å². The lowest BCUT2D eigenvalue weighted by Gasteiger charge is -2.13. The second-order valence-corrected chi connectivity index (χ2v) is 7.81. The number of alkyl halides is 6. The molecule has 0 radical (unpaired) electrons. The highest BCUT2D eigenvalue weighted by Crippen LogP contribution is 2.38. The van der Waals surface area contributed by atoms with Gasteiger partial charge in [0, 0.05) is 17.3 Å². The van der Waals surface area contributed by atoms with Crippen LogP contribution >= 0.6 is 0 Å². The van der Waals surface area contributed by atoms with Crippen molar-refractivity contribution in [2.24, 2.45) is 5.73 Å². The Morgan fingerprint density at radius 2 is 1.46 bits per heavy atom. The van der Waals surface area contributed by atoms with Crippen LogP contribution in [0.15, 0.2) is 73.1 Å². The fraction of sp³-hybridized carbons (Fsp3) is 0.0800. The number of benzene rings is 3. The fourth-order valence-electron chi connectivity index (χ4n) is 3.50. The summed E-state index contributed by atoms with van der Waals surface area (Å²) in [5.74, 6) is -2.11. The van der Waals surface area contributed by atoms with E-state index in [2.05, 4.69) is 10.1 Å². The van der Waals surface area contributed by atoms with E-state index < -0.39 is 46.6 Å². The Morgan fingerprint density at radius 3 is 2.00 bits per heavy atom. The monoisotopic (exact) mass is 520 g/mol. The standard InChI is InChI=1S/C25H15F7N4O/c26-21-10-15(6-7-19(21)14-4-2-1-3-5-14)20(22(33)37)12-36-13-34-23(35-36)16-8-17(24(27,28)29)11-18(9-16)25(30,31)32/h1-13H,(H2,33,37). The van der Waals surface area contributed by atoms with E-state index in [9.17, 15) is 35.5 Å². The molecule has 3 aromatic carbocycles. The van der Waals surface area contributed by atoms with Gasteiger partial charge in [-0.3, -0.25) is 4.79 Å². The van der Waals surface area contributed by atoms with Crippen molar-refractivity contribution in [3.63, 3.8) is 0 Å². The van der Waals surface area contributed by atoms with Crippen molar-refractivity contribution in [3.05, 3.63) is 95.6 Å². The third-order valence-electron chi connectivity index (χ3n) is 5.25. The van der Waals surface area contributed by atoms with Gasteiger partial charge in [0.25, 0.3) is 5.91 Å². The Bertz CT molecular complexity index is 1460. The Kier molecular flexibility index (Phi) is 6.59. The second-order valence-electron chi connectivity index (χ2n) is 7.81. The summed E-state index contributed by atoms with van der Waals surface area (Å²) in [5, 5.41) is 3.86. The predicted molar refractivity (Wildman–Crippen MR) is 121 cm³/mol. The molecule has 1 amide bonds. The smallest absolute Gasteiger partial charge is 0.366 e. The van der Waals surface area contributed by atoms with Crippen molar-refractivity contribution in [1.29, 1.82) is 0 Å². The summed E-state index contributed by atoms with van der Waals surface area (Å²) in [6, 6.07) is 13.5. The van der Waals surface area contributed by atoms with Gasteiger partial charge < -0.3 is 5.73 Å². The molecular formula is C25H15F7N4O. The molecule has 1 heterocycles. The highest BCUT2D eigenvalue weighted by atomic mass is 19.4. The Labute approximate surface area is 204 Å². The second kappa shape index (κ2) is 9.52. The molecule has 4 rings (SSSR count). The highest BCUT2D eigenvalue weighted by Gasteiger charge is 2.37. The molecule has 5 nitrogen and oxygen atoms in total. The molecule has 0 unspecified atom stereocenters. The number of primary amides is 1. The zero-order valence-corrected chi connectivity index (χ0v) is 18.5. The van der Waals surface area contributed by atoms with Gasteiger partial charge in [-0.25, -0.2) is 14.1 Å². The van der Waals surface area contributed by atoms with Crippen LogP contribution in [-0.4, -0.2) is 20.7 Å². The first-order valence-electron chi connectivity index (χ1n) is 10.4. The van der Waals surface area contributed by atoms with Crippen molar-refractivity contribution in [1.82, 2.24) is 14.8 Å². The Morgan fingerprint density at radius 1 is 0.838 bits per heavy atom. The topological polar surface area (TPSA) is 73.8 Å². The van der Waals surface area contributed by atoms with E-state index in [4.69, 9.17) is 5.73 Å². The van der Waals surface area contributed by atoms with Gasteiger partial charge in [0.1, 0.15) is 12.1 Å². The number of rotatable bonds is 5. The van der Waals surface area contributed by atoms with Crippen molar-refractivity contribution < 1.29 is 35.5 Å². The normalized spacial score (nSPS) is 12.6. The lowest BCUT2D eigenvalue weighted by atomic mass is 10.00. The largest absolute Gasteiger partial charge is 0.416 e. The summed E-state index contributed by atoms with van der Waals surface area (Å²) in [7, 11) is 0. The van der Waals surface area contributed by atoms with Crippen molar-refractivity contribution in [3.8, 4) is 22.5 Å². The molecule has 2 N–H and O–H groups in total. The highest BCUT2D eigenvalue weighted by molar-refractivity contribution is 6.22. The molecule has 0 fully saturated rings. The average Bonchev–Trinajstić information content (AvgIpc) is 3.30. The summed E-state index contributed by atoms with van der Waals surface area (Å²) in [6.07, 6.45) is -8.10. The van der Waals surface area contributed by atoms with Crippen LogP contribution in [0.3, 0.4) is 0 Å². The first kappa shape index (κ1) is 25.6. The van der Waals surface area contributed by atoms with Gasteiger partial charge in [-0.15, -0.1) is 5.10 Å². The Balaban J connectivity index is 1.73. The van der Waals surface area contributed by atoms with Crippen LogP contribution < -0.4 is 5.73 Å². The van der Waals surface area contributed by atoms with E-state index in [-0.39, 0.29) is 22.8 Å². The van der Waals surface area contributed by atoms with Crippen LogP contribution in [0.1, 0.15) is 16.7 Å². The molecule has 1 aromatic heterocycles. The minimum absolute atomic E-state index is 0.0146. The first-order chi connectivity index (χ1) is 17.3. The molecule has 0 saturated heterocycles. The van der Waals surface area contributed by atoms with Crippen LogP contribution in [0, 0.1) is 5.82 Å². The zero-order valence-electron chi connectivity index (χ0n) is 18.5. The zero-order chi connectivity index (χ0) is 27.0. The molecule has 0 spiro atoms. The van der Waals surface area contributed by atoms with Crippen LogP contribution in [0.25, 0.3) is 34.3 Å². The van der Waals surface area contributed by atoms with E-state index in [0.717, 1.165) is 23.3 Å². The maximum atomic E-state index is 14.8. The maximum Gasteiger partial charge on any atom is 0.416 e. The number of hydrogen-bond donors (Lipinski definition) is 1. The van der Waals surface area contributed by atoms with Crippen molar-refractivity contribution >= 4 is 17.7 Å². The molecule has 0 atom stereocenters. The molecule has 0 aliphatic rings. The van der Waals surface area contributed by atoms with Gasteiger partial charge in [-0.05, 0) is 35.4 Å². The maximum absolute atomic E-state index is 14.8. The number of amides is 1. The summed E-state index contributed by atoms with van der Waals surface area (Å²) in [5.41, 5.74) is 2.52. The quantitative estimate of drug-likeness (QED) is 0.249. The summed E-state index contributed by atoms with van der Waals surface area (Å²) < 4.78 is 94.7. The van der Waals surface area contributed by atoms with E-state index in [1.165, 1.54) is 12.1 Å². The average molecular weight is 520 g/mol. The van der Waals surface area contributed by atoms with Gasteiger partial charge in [0.15, 0.2) is 5.82 Å². The third kappa shape index (κ3) is 5.68. The van der Waals surface area contributed by atoms with E-state index >= 15 is 0 Å². The van der Waals surface area contributed by atoms with Gasteiger partial charge in [0.05, 0.1) is 16.7 Å². The number of nitrogens with two attached hydrogens (primary N) is 1. The number of nitrogens with zero attached hydrogens (tertiary/aromatic N) is 3. The molecular weight excluding hydrogens is 505 g/mol. The molecule has 4 aromatic rings. The third-order valence-corrected chi connectivity index (χ3v) is 5.25. The van der Waals surface area contributed by atoms with Crippen LogP contribution in [0.2, 0.25) is 0 Å². The molecule has 0 bridgehead atoms. The van der Waals surface area contributed by atoms with Crippen molar-refractivity contribution in [2.45, 2.75) is 12.4 Å². The van der Waals surface area contributed by atoms with Crippen LogP contribution in [-0.2, 0) is 17.1 Å². The first-order valence-corrected chi connectivity index (χ1v) is 10.4. The summed E-state index contributed by atoms with van der Waals surface area (Å²) >= 11 is 0. The number of aromatic nitrogens is 3. The summed E-state index contributed by atoms with van der Waals surface area (Å²) in [6.45, 7) is 0. The molecule has 190 valence electrons.